The number of carbonyl (C=O) groups is 2. The second kappa shape index (κ2) is 28.0. The van der Waals surface area contributed by atoms with Gasteiger partial charge in [0.1, 0.15) is 17.1 Å². The van der Waals surface area contributed by atoms with Crippen molar-refractivity contribution in [2.24, 2.45) is 5.16 Å². The molecule has 0 amide bonds. The van der Waals surface area contributed by atoms with E-state index in [2.05, 4.69) is 117 Å². The van der Waals surface area contributed by atoms with Crippen molar-refractivity contribution in [3.63, 3.8) is 0 Å². The zero-order valence-corrected chi connectivity index (χ0v) is 33.3. The van der Waals surface area contributed by atoms with E-state index < -0.39 is 0 Å². The van der Waals surface area contributed by atoms with E-state index >= 15 is 0 Å². The molecule has 0 saturated heterocycles. The fraction of sp³-hybridized carbons (Fsp3) is 0.255. The Bertz CT molecular complexity index is 2130. The van der Waals surface area contributed by atoms with Crippen molar-refractivity contribution in [1.82, 2.24) is 15.0 Å². The summed E-state index contributed by atoms with van der Waals surface area (Å²) in [7, 11) is 0. The highest BCUT2D eigenvalue weighted by Crippen LogP contribution is 2.11. The minimum absolute atomic E-state index is 0.427. The minimum Gasteiger partial charge on any atom is -0.411 e. The summed E-state index contributed by atoms with van der Waals surface area (Å²) in [5, 5.41) is 11.5. The molecule has 0 atom stereocenters. The molecule has 7 heteroatoms. The van der Waals surface area contributed by atoms with E-state index in [-0.39, 0.29) is 0 Å². The van der Waals surface area contributed by atoms with E-state index in [0.717, 1.165) is 81.7 Å². The highest BCUT2D eigenvalue weighted by atomic mass is 16.4. The van der Waals surface area contributed by atoms with Gasteiger partial charge in [-0.05, 0) is 123 Å². The Labute approximate surface area is 344 Å². The van der Waals surface area contributed by atoms with Crippen LogP contribution in [0.5, 0.6) is 0 Å². The van der Waals surface area contributed by atoms with Gasteiger partial charge in [0.15, 0.2) is 12.6 Å². The lowest BCUT2D eigenvalue weighted by Gasteiger charge is -2.03. The summed E-state index contributed by atoms with van der Waals surface area (Å²) < 4.78 is 0. The second-order valence-electron chi connectivity index (χ2n) is 13.8. The molecule has 0 unspecified atom stereocenters. The minimum atomic E-state index is 0.427. The maximum Gasteiger partial charge on any atom is 0.168 e. The molecule has 3 aromatic heterocycles. The van der Waals surface area contributed by atoms with Crippen molar-refractivity contribution in [3.8, 4) is 11.8 Å². The van der Waals surface area contributed by atoms with Crippen LogP contribution in [0.3, 0.4) is 0 Å². The van der Waals surface area contributed by atoms with Gasteiger partial charge >= 0.3 is 0 Å². The molecule has 3 aromatic carbocycles. The first-order chi connectivity index (χ1) is 28.6. The number of benzene rings is 3. The van der Waals surface area contributed by atoms with Crippen LogP contribution < -0.4 is 0 Å². The molecule has 7 nitrogen and oxygen atoms in total. The number of nitrogens with zero attached hydrogens (tertiary/aromatic N) is 4. The smallest absolute Gasteiger partial charge is 0.168 e. The normalized spacial score (nSPS) is 10.3. The predicted octanol–water partition coefficient (Wildman–Crippen LogP) is 11.0. The van der Waals surface area contributed by atoms with Gasteiger partial charge in [0.2, 0.25) is 0 Å². The average Bonchev–Trinajstić information content (AvgIpc) is 3.28. The van der Waals surface area contributed by atoms with E-state index in [1.807, 2.05) is 42.5 Å². The van der Waals surface area contributed by atoms with Gasteiger partial charge in [0.25, 0.3) is 0 Å². The zero-order chi connectivity index (χ0) is 40.7. The van der Waals surface area contributed by atoms with Crippen LogP contribution in [0.4, 0.5) is 0 Å². The first-order valence-electron chi connectivity index (χ1n) is 20.2. The second-order valence-corrected chi connectivity index (χ2v) is 13.8. The number of hydrogen-bond acceptors (Lipinski definition) is 7. The fourth-order valence-corrected chi connectivity index (χ4v) is 6.15. The van der Waals surface area contributed by atoms with E-state index in [0.29, 0.717) is 22.8 Å². The molecule has 1 N–H and O–H groups in total. The molecule has 0 radical (unpaired) electrons. The van der Waals surface area contributed by atoms with E-state index in [1.165, 1.54) is 48.6 Å². The van der Waals surface area contributed by atoms with E-state index in [9.17, 15) is 9.59 Å². The third-order valence-corrected chi connectivity index (χ3v) is 9.17. The van der Waals surface area contributed by atoms with Crippen molar-refractivity contribution in [3.05, 3.63) is 196 Å². The van der Waals surface area contributed by atoms with Crippen LogP contribution in [0.1, 0.15) is 112 Å². The number of rotatable bonds is 18. The van der Waals surface area contributed by atoms with E-state index in [4.69, 9.17) is 5.21 Å². The third kappa shape index (κ3) is 18.9. The number of aldehydes is 2. The Morgan fingerprint density at radius 1 is 0.448 bits per heavy atom. The Morgan fingerprint density at radius 3 is 1.38 bits per heavy atom. The van der Waals surface area contributed by atoms with Crippen LogP contribution in [0, 0.1) is 11.8 Å². The molecule has 3 heterocycles. The standard InChI is InChI=1S/C17H20N2O.C17H19NO.C17H15NO/c20-18-14-17-13-7-12-16(19-17)11-6-2-5-10-15-8-3-1-4-9-15;2*19-14-17-13-7-12-16(18-17)11-6-2-5-10-15-8-3-1-4-9-15/h1,3-4,7-9,12-14,20H,2,5-6,10-11H2;1,3-4,7-9,12-14H,2,5-6,10-11H2;1,3-4,7-9,12-14H,2,5,10H2/b18-14+;;. The Balaban J connectivity index is 0.000000193. The molecular weight excluding hydrogens is 717 g/mol. The van der Waals surface area contributed by atoms with Gasteiger partial charge < -0.3 is 5.21 Å². The molecule has 0 bridgehead atoms. The quantitative estimate of drug-likeness (QED) is 0.0233. The summed E-state index contributed by atoms with van der Waals surface area (Å²) in [6.45, 7) is 0. The van der Waals surface area contributed by atoms with Crippen LogP contribution in [-0.4, -0.2) is 38.9 Å². The molecule has 58 heavy (non-hydrogen) atoms. The van der Waals surface area contributed by atoms with Crippen LogP contribution >= 0.6 is 0 Å². The number of pyridine rings is 3. The zero-order valence-electron chi connectivity index (χ0n) is 33.3. The molecule has 0 aliphatic rings. The molecule has 0 aliphatic carbocycles. The summed E-state index contributed by atoms with van der Waals surface area (Å²) in [6.07, 6.45) is 17.1. The van der Waals surface area contributed by atoms with Gasteiger partial charge in [-0.25, -0.2) is 4.98 Å². The summed E-state index contributed by atoms with van der Waals surface area (Å²) >= 11 is 0. The van der Waals surface area contributed by atoms with Crippen molar-refractivity contribution < 1.29 is 14.8 Å². The summed E-state index contributed by atoms with van der Waals surface area (Å²) in [6, 6.07) is 48.3. The van der Waals surface area contributed by atoms with Crippen molar-refractivity contribution in [2.45, 2.75) is 83.5 Å². The number of oxime groups is 1. The number of unbranched alkanes of at least 4 members (excludes halogenated alkanes) is 5. The van der Waals surface area contributed by atoms with Gasteiger partial charge in [0.05, 0.1) is 11.9 Å². The lowest BCUT2D eigenvalue weighted by atomic mass is 10.1. The molecule has 0 saturated carbocycles. The van der Waals surface area contributed by atoms with Crippen LogP contribution in [0.25, 0.3) is 0 Å². The Morgan fingerprint density at radius 2 is 0.879 bits per heavy atom. The van der Waals surface area contributed by atoms with Crippen LogP contribution in [0.15, 0.2) is 151 Å². The van der Waals surface area contributed by atoms with Crippen LogP contribution in [0.2, 0.25) is 0 Å². The summed E-state index contributed by atoms with van der Waals surface area (Å²) in [5.41, 5.74) is 8.55. The third-order valence-electron chi connectivity index (χ3n) is 9.17. The lowest BCUT2D eigenvalue weighted by molar-refractivity contribution is 0.111. The predicted molar refractivity (Wildman–Crippen MR) is 235 cm³/mol. The van der Waals surface area contributed by atoms with E-state index in [1.54, 1.807) is 18.2 Å². The van der Waals surface area contributed by atoms with Crippen molar-refractivity contribution >= 4 is 18.8 Å². The molecule has 0 fully saturated rings. The van der Waals surface area contributed by atoms with Gasteiger partial charge in [-0.15, -0.1) is 0 Å². The van der Waals surface area contributed by atoms with Crippen molar-refractivity contribution in [2.75, 3.05) is 0 Å². The maximum absolute atomic E-state index is 10.6. The topological polar surface area (TPSA) is 105 Å². The van der Waals surface area contributed by atoms with Crippen LogP contribution in [-0.2, 0) is 32.1 Å². The number of carbonyl (C=O) groups excluding carboxylic acids is 2. The first kappa shape index (κ1) is 44.2. The van der Waals surface area contributed by atoms with Gasteiger partial charge in [-0.1, -0.05) is 133 Å². The molecule has 6 rings (SSSR count). The van der Waals surface area contributed by atoms with Gasteiger partial charge in [-0.3, -0.25) is 19.6 Å². The monoisotopic (exact) mass is 770 g/mol. The fourth-order valence-electron chi connectivity index (χ4n) is 6.15. The summed E-state index contributed by atoms with van der Waals surface area (Å²) in [4.78, 5) is 34.0. The molecule has 0 spiro atoms. The average molecular weight is 771 g/mol. The van der Waals surface area contributed by atoms with Gasteiger partial charge in [0, 0.05) is 17.8 Å². The Hall–Kier alpha value is -6.52. The SMILES string of the molecule is O/N=C/c1cccc(CCCCCc2ccccc2)n1.O=Cc1cccc(C#CCCCc2ccccc2)n1.O=Cc1cccc(CCCCCc2ccccc2)n1. The number of aryl methyl sites for hydroxylation is 5. The highest BCUT2D eigenvalue weighted by molar-refractivity contribution is 5.76. The highest BCUT2D eigenvalue weighted by Gasteiger charge is 2.00. The number of hydrogen-bond donors (Lipinski definition) is 1. The molecule has 296 valence electrons. The maximum atomic E-state index is 10.6. The molecular formula is C51H54N4O3. The molecule has 6 aromatic rings. The van der Waals surface area contributed by atoms with Crippen molar-refractivity contribution in [1.29, 1.82) is 0 Å². The lowest BCUT2D eigenvalue weighted by Crippen LogP contribution is -1.95. The summed E-state index contributed by atoms with van der Waals surface area (Å²) in [5.74, 6) is 6.08. The first-order valence-corrected chi connectivity index (χ1v) is 20.2. The Kier molecular flexibility index (Phi) is 21.3. The molecule has 0 aliphatic heterocycles. The largest absolute Gasteiger partial charge is 0.411 e. The number of aromatic nitrogens is 3. The van der Waals surface area contributed by atoms with Gasteiger partial charge in [-0.2, -0.15) is 0 Å².